The van der Waals surface area contributed by atoms with E-state index in [9.17, 15) is 4.79 Å². The summed E-state index contributed by atoms with van der Waals surface area (Å²) in [6, 6.07) is 3.73. The molecule has 0 saturated carbocycles. The van der Waals surface area contributed by atoms with Gasteiger partial charge in [0.15, 0.2) is 0 Å². The van der Waals surface area contributed by atoms with Crippen molar-refractivity contribution >= 4 is 5.91 Å². The topological polar surface area (TPSA) is 77.2 Å². The number of unbranched alkanes of at least 4 members (excludes halogenated alkanes) is 3. The van der Waals surface area contributed by atoms with Gasteiger partial charge in [-0.25, -0.2) is 4.98 Å². The fourth-order valence-corrected chi connectivity index (χ4v) is 1.81. The highest BCUT2D eigenvalue weighted by atomic mass is 16.5. The number of aromatic nitrogens is 1. The molecule has 0 unspecified atom stereocenters. The molecule has 0 spiro atoms. The van der Waals surface area contributed by atoms with Crippen molar-refractivity contribution in [2.75, 3.05) is 13.7 Å². The van der Waals surface area contributed by atoms with E-state index < -0.39 is 0 Å². The van der Waals surface area contributed by atoms with Crippen LogP contribution in [0.25, 0.3) is 0 Å². The van der Waals surface area contributed by atoms with Gasteiger partial charge < -0.3 is 15.8 Å². The Balaban J connectivity index is 2.22. The van der Waals surface area contributed by atoms with Crippen molar-refractivity contribution in [3.05, 3.63) is 23.9 Å². The van der Waals surface area contributed by atoms with E-state index in [-0.39, 0.29) is 5.91 Å². The van der Waals surface area contributed by atoms with Crippen LogP contribution in [0.1, 0.15) is 37.7 Å². The summed E-state index contributed by atoms with van der Waals surface area (Å²) in [4.78, 5) is 15.7. The summed E-state index contributed by atoms with van der Waals surface area (Å²) >= 11 is 0. The fourth-order valence-electron chi connectivity index (χ4n) is 1.81. The Hall–Kier alpha value is -1.62. The maximum absolute atomic E-state index is 11.7. The van der Waals surface area contributed by atoms with Crippen molar-refractivity contribution in [2.45, 2.75) is 38.6 Å². The maximum Gasteiger partial charge on any atom is 0.220 e. The lowest BCUT2D eigenvalue weighted by Crippen LogP contribution is -2.22. The van der Waals surface area contributed by atoms with Gasteiger partial charge in [-0.15, -0.1) is 0 Å². The Bertz CT molecular complexity index is 383. The molecule has 0 saturated heterocycles. The van der Waals surface area contributed by atoms with Crippen LogP contribution in [0, 0.1) is 0 Å². The third-order valence-corrected chi connectivity index (χ3v) is 2.88. The highest BCUT2D eigenvalue weighted by molar-refractivity contribution is 5.75. The first-order valence-electron chi connectivity index (χ1n) is 6.72. The molecule has 19 heavy (non-hydrogen) atoms. The minimum Gasteiger partial charge on any atom is -0.481 e. The largest absolute Gasteiger partial charge is 0.481 e. The highest BCUT2D eigenvalue weighted by Gasteiger charge is 2.05. The van der Waals surface area contributed by atoms with Gasteiger partial charge in [-0.1, -0.05) is 18.9 Å². The molecule has 5 nitrogen and oxygen atoms in total. The first-order valence-corrected chi connectivity index (χ1v) is 6.72. The summed E-state index contributed by atoms with van der Waals surface area (Å²) in [6.45, 7) is 1.19. The number of nitrogens with one attached hydrogen (secondary N) is 1. The number of carbonyl (C=O) groups is 1. The van der Waals surface area contributed by atoms with Crippen LogP contribution in [-0.4, -0.2) is 24.5 Å². The first-order chi connectivity index (χ1) is 9.27. The fraction of sp³-hybridized carbons (Fsp3) is 0.571. The molecule has 3 N–H and O–H groups in total. The van der Waals surface area contributed by atoms with Crippen LogP contribution < -0.4 is 15.8 Å². The molecular weight excluding hydrogens is 242 g/mol. The third-order valence-electron chi connectivity index (χ3n) is 2.88. The van der Waals surface area contributed by atoms with E-state index in [2.05, 4.69) is 10.3 Å². The standard InChI is InChI=1S/C14H23N3O2/c1-19-14-12(7-6-10-16-14)11-17-13(18)8-4-2-3-5-9-15/h6-7,10H,2-5,8-9,11,15H2,1H3,(H,17,18). The number of hydrogen-bond acceptors (Lipinski definition) is 4. The number of nitrogens with zero attached hydrogens (tertiary/aromatic N) is 1. The minimum absolute atomic E-state index is 0.0682. The Morgan fingerprint density at radius 1 is 1.37 bits per heavy atom. The van der Waals surface area contributed by atoms with E-state index in [0.29, 0.717) is 18.8 Å². The molecule has 0 bridgehead atoms. The lowest BCUT2D eigenvalue weighted by molar-refractivity contribution is -0.121. The molecule has 5 heteroatoms. The zero-order chi connectivity index (χ0) is 13.9. The van der Waals surface area contributed by atoms with Gasteiger partial charge in [0.2, 0.25) is 11.8 Å². The SMILES string of the molecule is COc1ncccc1CNC(=O)CCCCCCN. The zero-order valence-corrected chi connectivity index (χ0v) is 11.5. The van der Waals surface area contributed by atoms with E-state index >= 15 is 0 Å². The molecule has 0 aromatic carbocycles. The van der Waals surface area contributed by atoms with E-state index in [1.54, 1.807) is 13.3 Å². The monoisotopic (exact) mass is 265 g/mol. The molecule has 0 aliphatic carbocycles. The molecule has 1 aromatic heterocycles. The summed E-state index contributed by atoms with van der Waals surface area (Å²) in [5.41, 5.74) is 6.30. The molecule has 0 fully saturated rings. The van der Waals surface area contributed by atoms with Gasteiger partial charge in [-0.3, -0.25) is 4.79 Å². The summed E-state index contributed by atoms with van der Waals surface area (Å²) in [7, 11) is 1.57. The van der Waals surface area contributed by atoms with Gasteiger partial charge in [0.25, 0.3) is 0 Å². The number of ether oxygens (including phenoxy) is 1. The van der Waals surface area contributed by atoms with E-state index in [1.807, 2.05) is 12.1 Å². The van der Waals surface area contributed by atoms with Crippen LogP contribution in [0.2, 0.25) is 0 Å². The summed E-state index contributed by atoms with van der Waals surface area (Å²) in [5, 5.41) is 2.88. The second-order valence-corrected chi connectivity index (χ2v) is 4.40. The predicted molar refractivity (Wildman–Crippen MR) is 74.8 cm³/mol. The lowest BCUT2D eigenvalue weighted by atomic mass is 10.1. The average Bonchev–Trinajstić information content (AvgIpc) is 2.45. The normalized spacial score (nSPS) is 10.2. The lowest BCUT2D eigenvalue weighted by Gasteiger charge is -2.08. The molecule has 0 aliphatic heterocycles. The van der Waals surface area contributed by atoms with Gasteiger partial charge in [0, 0.05) is 24.7 Å². The molecule has 0 atom stereocenters. The van der Waals surface area contributed by atoms with Crippen molar-refractivity contribution in [2.24, 2.45) is 5.73 Å². The van der Waals surface area contributed by atoms with Crippen LogP contribution in [0.4, 0.5) is 0 Å². The molecule has 1 heterocycles. The number of rotatable bonds is 9. The quantitative estimate of drug-likeness (QED) is 0.665. The second-order valence-electron chi connectivity index (χ2n) is 4.40. The Morgan fingerprint density at radius 2 is 2.16 bits per heavy atom. The molecule has 1 amide bonds. The third kappa shape index (κ3) is 6.20. The Labute approximate surface area is 114 Å². The summed E-state index contributed by atoms with van der Waals surface area (Å²) in [6.07, 6.45) is 6.33. The van der Waals surface area contributed by atoms with Crippen LogP contribution >= 0.6 is 0 Å². The minimum atomic E-state index is 0.0682. The average molecular weight is 265 g/mol. The predicted octanol–water partition coefficient (Wildman–Crippen LogP) is 1.62. The molecule has 1 rings (SSSR count). The molecule has 1 aromatic rings. The van der Waals surface area contributed by atoms with Gasteiger partial charge in [-0.05, 0) is 25.5 Å². The van der Waals surface area contributed by atoms with Crippen LogP contribution in [0.3, 0.4) is 0 Å². The molecular formula is C14H23N3O2. The number of hydrogen-bond donors (Lipinski definition) is 2. The second kappa shape index (κ2) is 9.33. The van der Waals surface area contributed by atoms with E-state index in [0.717, 1.165) is 37.8 Å². The highest BCUT2D eigenvalue weighted by Crippen LogP contribution is 2.13. The van der Waals surface area contributed by atoms with Crippen LogP contribution in [0.15, 0.2) is 18.3 Å². The first kappa shape index (κ1) is 15.4. The van der Waals surface area contributed by atoms with E-state index in [4.69, 9.17) is 10.5 Å². The summed E-state index contributed by atoms with van der Waals surface area (Å²) < 4.78 is 5.13. The number of nitrogens with two attached hydrogens (primary N) is 1. The molecule has 0 aliphatic rings. The van der Waals surface area contributed by atoms with E-state index in [1.165, 1.54) is 0 Å². The maximum atomic E-state index is 11.7. The number of carbonyl (C=O) groups excluding carboxylic acids is 1. The van der Waals surface area contributed by atoms with Gasteiger partial charge in [-0.2, -0.15) is 0 Å². The van der Waals surface area contributed by atoms with Crippen molar-refractivity contribution in [1.82, 2.24) is 10.3 Å². The zero-order valence-electron chi connectivity index (χ0n) is 11.5. The summed E-state index contributed by atoms with van der Waals surface area (Å²) in [5.74, 6) is 0.629. The Morgan fingerprint density at radius 3 is 2.89 bits per heavy atom. The number of pyridine rings is 1. The number of methoxy groups -OCH3 is 1. The van der Waals surface area contributed by atoms with Gasteiger partial charge >= 0.3 is 0 Å². The van der Waals surface area contributed by atoms with Crippen molar-refractivity contribution in [3.63, 3.8) is 0 Å². The van der Waals surface area contributed by atoms with Gasteiger partial charge in [0.1, 0.15) is 0 Å². The van der Waals surface area contributed by atoms with Crippen molar-refractivity contribution in [3.8, 4) is 5.88 Å². The molecule has 106 valence electrons. The Kier molecular flexibility index (Phi) is 7.58. The van der Waals surface area contributed by atoms with Crippen molar-refractivity contribution < 1.29 is 9.53 Å². The smallest absolute Gasteiger partial charge is 0.220 e. The number of amides is 1. The van der Waals surface area contributed by atoms with Gasteiger partial charge in [0.05, 0.1) is 7.11 Å². The molecule has 0 radical (unpaired) electrons. The van der Waals surface area contributed by atoms with Crippen LogP contribution in [-0.2, 0) is 11.3 Å². The van der Waals surface area contributed by atoms with Crippen molar-refractivity contribution in [1.29, 1.82) is 0 Å². The van der Waals surface area contributed by atoms with Crippen LogP contribution in [0.5, 0.6) is 5.88 Å².